The van der Waals surface area contributed by atoms with Gasteiger partial charge < -0.3 is 9.30 Å². The number of aromatic nitrogens is 5. The molecule has 216 valence electrons. The van der Waals surface area contributed by atoms with Crippen LogP contribution in [0.15, 0.2) is 53.8 Å². The second-order valence-electron chi connectivity index (χ2n) is 12.0. The molecule has 0 N–H and O–H groups in total. The van der Waals surface area contributed by atoms with Crippen LogP contribution in [0.3, 0.4) is 0 Å². The monoisotopic (exact) mass is 570 g/mol. The smallest absolute Gasteiger partial charge is 0.379 e. The first-order valence-corrected chi connectivity index (χ1v) is 13.8. The second-order valence-corrected chi connectivity index (χ2v) is 12.0. The van der Waals surface area contributed by atoms with Gasteiger partial charge in [-0.2, -0.15) is 13.2 Å². The summed E-state index contributed by atoms with van der Waals surface area (Å²) in [4.78, 5) is 15.9. The molecule has 0 amide bonds. The summed E-state index contributed by atoms with van der Waals surface area (Å²) in [5.74, 6) is 0.146. The van der Waals surface area contributed by atoms with Gasteiger partial charge in [0.15, 0.2) is 12.0 Å². The van der Waals surface area contributed by atoms with Gasteiger partial charge in [0.05, 0.1) is 35.4 Å². The SMILES string of the molecule is C[C@@H](c1cc(C(F)(F)F)c2cn(-c3cccc(C4([C@H](F)c5nncn5C)COC4)c3)c(=O)n2c1)N1CCC2(CC2)C1. The lowest BCUT2D eigenvalue weighted by atomic mass is 9.74. The van der Waals surface area contributed by atoms with Gasteiger partial charge in [0, 0.05) is 32.0 Å². The summed E-state index contributed by atoms with van der Waals surface area (Å²) < 4.78 is 68.1. The number of nitrogens with zero attached hydrogens (tertiary/aromatic N) is 6. The van der Waals surface area contributed by atoms with Crippen molar-refractivity contribution in [2.45, 2.75) is 50.0 Å². The third-order valence-electron chi connectivity index (χ3n) is 9.43. The first-order valence-electron chi connectivity index (χ1n) is 13.8. The zero-order chi connectivity index (χ0) is 28.7. The Hall–Kier alpha value is -3.51. The average molecular weight is 571 g/mol. The highest BCUT2D eigenvalue weighted by Crippen LogP contribution is 2.54. The van der Waals surface area contributed by atoms with Crippen molar-refractivity contribution in [2.75, 3.05) is 26.3 Å². The number of hydrogen-bond donors (Lipinski definition) is 0. The minimum atomic E-state index is -4.66. The molecule has 1 spiro atoms. The van der Waals surface area contributed by atoms with E-state index < -0.39 is 29.0 Å². The van der Waals surface area contributed by atoms with Crippen LogP contribution in [0.25, 0.3) is 11.2 Å². The van der Waals surface area contributed by atoms with Gasteiger partial charge in [-0.15, -0.1) is 10.2 Å². The van der Waals surface area contributed by atoms with Crippen molar-refractivity contribution in [3.8, 4) is 5.69 Å². The molecule has 4 aromatic rings. The molecule has 7 rings (SSSR count). The summed E-state index contributed by atoms with van der Waals surface area (Å²) in [6, 6.07) is 7.58. The Morgan fingerprint density at radius 1 is 1.10 bits per heavy atom. The molecule has 1 aromatic carbocycles. The zero-order valence-electron chi connectivity index (χ0n) is 22.7. The van der Waals surface area contributed by atoms with Crippen LogP contribution in [-0.4, -0.2) is 54.9 Å². The number of hydrogen-bond acceptors (Lipinski definition) is 5. The summed E-state index contributed by atoms with van der Waals surface area (Å²) in [6.07, 6.45) is 1.36. The van der Waals surface area contributed by atoms with Gasteiger partial charge >= 0.3 is 11.9 Å². The molecule has 3 fully saturated rings. The van der Waals surface area contributed by atoms with E-state index in [1.807, 2.05) is 6.92 Å². The number of benzene rings is 1. The highest BCUT2D eigenvalue weighted by atomic mass is 19.4. The number of aryl methyl sites for hydroxylation is 1. The average Bonchev–Trinajstić information content (AvgIpc) is 3.19. The maximum atomic E-state index is 15.9. The van der Waals surface area contributed by atoms with E-state index in [1.165, 1.54) is 46.8 Å². The molecule has 1 aliphatic carbocycles. The summed E-state index contributed by atoms with van der Waals surface area (Å²) in [5, 5.41) is 7.70. The topological polar surface area (TPSA) is 69.6 Å². The van der Waals surface area contributed by atoms with E-state index in [2.05, 4.69) is 15.1 Å². The Morgan fingerprint density at radius 3 is 2.49 bits per heavy atom. The van der Waals surface area contributed by atoms with Crippen LogP contribution in [0.4, 0.5) is 17.6 Å². The summed E-state index contributed by atoms with van der Waals surface area (Å²) in [6.45, 7) is 3.78. The third kappa shape index (κ3) is 4.13. The van der Waals surface area contributed by atoms with Crippen LogP contribution in [0, 0.1) is 5.41 Å². The molecule has 0 unspecified atom stereocenters. The first kappa shape index (κ1) is 26.4. The third-order valence-corrected chi connectivity index (χ3v) is 9.43. The Bertz CT molecular complexity index is 1700. The zero-order valence-corrected chi connectivity index (χ0v) is 22.7. The Labute approximate surface area is 233 Å². The van der Waals surface area contributed by atoms with Crippen LogP contribution < -0.4 is 5.69 Å². The van der Waals surface area contributed by atoms with Crippen LogP contribution in [-0.2, 0) is 23.4 Å². The van der Waals surface area contributed by atoms with Crippen molar-refractivity contribution in [1.29, 1.82) is 0 Å². The molecule has 41 heavy (non-hydrogen) atoms. The normalized spacial score (nSPS) is 21.3. The molecule has 1 saturated carbocycles. The number of halogens is 4. The fourth-order valence-electron chi connectivity index (χ4n) is 6.46. The number of pyridine rings is 1. The summed E-state index contributed by atoms with van der Waals surface area (Å²) in [7, 11) is 1.65. The minimum Gasteiger partial charge on any atom is -0.379 e. The van der Waals surface area contributed by atoms with E-state index >= 15 is 4.39 Å². The predicted octanol–water partition coefficient (Wildman–Crippen LogP) is 4.76. The van der Waals surface area contributed by atoms with Crippen LogP contribution >= 0.6 is 0 Å². The molecule has 0 bridgehead atoms. The number of alkyl halides is 4. The molecule has 12 heteroatoms. The van der Waals surface area contributed by atoms with Gasteiger partial charge in [-0.3, -0.25) is 13.9 Å². The maximum absolute atomic E-state index is 15.9. The lowest BCUT2D eigenvalue weighted by Crippen LogP contribution is -2.50. The number of fused-ring (bicyclic) bond motifs is 1. The van der Waals surface area contributed by atoms with E-state index in [1.54, 1.807) is 31.3 Å². The fraction of sp³-hybridized carbons (Fsp3) is 0.483. The number of imidazole rings is 1. The van der Waals surface area contributed by atoms with Gasteiger partial charge in [0.2, 0.25) is 0 Å². The molecule has 2 atom stereocenters. The van der Waals surface area contributed by atoms with Crippen molar-refractivity contribution in [3.05, 3.63) is 82.1 Å². The highest BCUT2D eigenvalue weighted by Gasteiger charge is 2.51. The van der Waals surface area contributed by atoms with Crippen molar-refractivity contribution < 1.29 is 22.3 Å². The van der Waals surface area contributed by atoms with E-state index in [-0.39, 0.29) is 30.6 Å². The summed E-state index contributed by atoms with van der Waals surface area (Å²) in [5.41, 5.74) is -1.10. The van der Waals surface area contributed by atoms with E-state index in [0.29, 0.717) is 22.2 Å². The second kappa shape index (κ2) is 8.99. The van der Waals surface area contributed by atoms with Crippen LogP contribution in [0.5, 0.6) is 0 Å². The van der Waals surface area contributed by atoms with E-state index in [0.717, 1.165) is 23.9 Å². The molecule has 5 heterocycles. The van der Waals surface area contributed by atoms with Crippen molar-refractivity contribution in [1.82, 2.24) is 28.6 Å². The lowest BCUT2D eigenvalue weighted by Gasteiger charge is -2.43. The minimum absolute atomic E-state index is 0.0916. The number of likely N-dealkylation sites (tertiary alicyclic amines) is 1. The van der Waals surface area contributed by atoms with Gasteiger partial charge in [0.1, 0.15) is 6.33 Å². The lowest BCUT2D eigenvalue weighted by molar-refractivity contribution is -0.136. The van der Waals surface area contributed by atoms with Crippen molar-refractivity contribution >= 4 is 5.52 Å². The molecular formula is C29H30F4N6O2. The summed E-state index contributed by atoms with van der Waals surface area (Å²) >= 11 is 0. The maximum Gasteiger partial charge on any atom is 0.418 e. The standard InChI is InChI=1S/C29H30F4N6O2/c1-18(37-9-8-27(14-37)6-7-27)19-10-22(29(31,32)33)23-13-38(26(40)39(23)12-19)21-5-3-4-20(11-21)28(15-41-16-28)24(30)25-35-34-17-36(25)2/h3-5,10-13,17-18,24H,6-9,14-16H2,1-2H3/t18-,24+/m0/s1. The fourth-order valence-corrected chi connectivity index (χ4v) is 6.46. The van der Waals surface area contributed by atoms with E-state index in [9.17, 15) is 18.0 Å². The molecule has 3 aromatic heterocycles. The Kier molecular flexibility index (Phi) is 5.79. The van der Waals surface area contributed by atoms with Gasteiger partial charge in [-0.05, 0) is 67.5 Å². The van der Waals surface area contributed by atoms with Crippen molar-refractivity contribution in [3.63, 3.8) is 0 Å². The van der Waals surface area contributed by atoms with E-state index in [4.69, 9.17) is 4.74 Å². The number of ether oxygens (including phenoxy) is 1. The van der Waals surface area contributed by atoms with Gasteiger partial charge in [-0.25, -0.2) is 9.18 Å². The quantitative estimate of drug-likeness (QED) is 0.313. The van der Waals surface area contributed by atoms with Gasteiger partial charge in [0.25, 0.3) is 0 Å². The van der Waals surface area contributed by atoms with Gasteiger partial charge in [-0.1, -0.05) is 12.1 Å². The largest absolute Gasteiger partial charge is 0.418 e. The Balaban J connectivity index is 1.30. The Morgan fingerprint density at radius 2 is 1.88 bits per heavy atom. The number of rotatable bonds is 6. The molecule has 8 nitrogen and oxygen atoms in total. The first-order chi connectivity index (χ1) is 19.5. The van der Waals surface area contributed by atoms with Crippen LogP contribution in [0.2, 0.25) is 0 Å². The molecule has 2 saturated heterocycles. The molecular weight excluding hydrogens is 540 g/mol. The molecule has 3 aliphatic rings. The van der Waals surface area contributed by atoms with Crippen LogP contribution in [0.1, 0.15) is 60.9 Å². The molecule has 2 aliphatic heterocycles. The predicted molar refractivity (Wildman–Crippen MR) is 142 cm³/mol. The van der Waals surface area contributed by atoms with Crippen molar-refractivity contribution in [2.24, 2.45) is 12.5 Å². The molecule has 0 radical (unpaired) electrons. The highest BCUT2D eigenvalue weighted by molar-refractivity contribution is 5.58.